The Kier molecular flexibility index (Phi) is 3.37. The van der Waals surface area contributed by atoms with E-state index in [1.165, 1.54) is 25.2 Å². The minimum atomic E-state index is -1.02. The van der Waals surface area contributed by atoms with E-state index in [0.29, 0.717) is 5.76 Å². The number of carbonyl (C=O) groups excluding carboxylic acids is 1. The average molecular weight is 226 g/mol. The molecule has 0 spiro atoms. The molecule has 0 unspecified atom stereocenters. The predicted octanol–water partition coefficient (Wildman–Crippen LogP) is 1.46. The quantitative estimate of drug-likeness (QED) is 0.737. The lowest BCUT2D eigenvalue weighted by molar-refractivity contribution is -0.203. The minimum Gasteiger partial charge on any atom is -0.481 e. The third-order valence-corrected chi connectivity index (χ3v) is 1.91. The van der Waals surface area contributed by atoms with E-state index in [0.717, 1.165) is 0 Å². The first-order chi connectivity index (χ1) is 7.30. The topological polar surface area (TPSA) is 72.8 Å². The molecule has 0 saturated carbocycles. The number of esters is 1. The molecule has 0 saturated heterocycles. The fraction of sp³-hybridized carbons (Fsp3) is 0.455. The molecule has 0 aromatic heterocycles. The zero-order valence-corrected chi connectivity index (χ0v) is 9.39. The summed E-state index contributed by atoms with van der Waals surface area (Å²) in [5.74, 6) is -2.79. The number of hydrogen-bond acceptors (Lipinski definition) is 4. The van der Waals surface area contributed by atoms with Crippen LogP contribution in [0.4, 0.5) is 0 Å². The molecule has 1 N–H and O–H groups in total. The van der Waals surface area contributed by atoms with E-state index < -0.39 is 23.6 Å². The molecule has 5 heteroatoms. The summed E-state index contributed by atoms with van der Waals surface area (Å²) in [6.45, 7) is 4.74. The molecular weight excluding hydrogens is 212 g/mol. The van der Waals surface area contributed by atoms with Gasteiger partial charge in [-0.2, -0.15) is 0 Å². The zero-order valence-electron chi connectivity index (χ0n) is 9.39. The smallest absolute Gasteiger partial charge is 0.337 e. The lowest BCUT2D eigenvalue weighted by atomic mass is 10.1. The highest BCUT2D eigenvalue weighted by molar-refractivity contribution is 5.84. The summed E-state index contributed by atoms with van der Waals surface area (Å²) in [5.41, 5.74) is 0. The highest BCUT2D eigenvalue weighted by atomic mass is 16.7. The maximum Gasteiger partial charge on any atom is 0.337 e. The normalized spacial score (nSPS) is 20.9. The number of hydrogen-bond donors (Lipinski definition) is 1. The molecule has 0 aromatic carbocycles. The van der Waals surface area contributed by atoms with Crippen molar-refractivity contribution in [3.05, 3.63) is 24.0 Å². The predicted molar refractivity (Wildman–Crippen MR) is 55.3 cm³/mol. The van der Waals surface area contributed by atoms with Gasteiger partial charge in [0.2, 0.25) is 5.79 Å². The van der Waals surface area contributed by atoms with Crippen LogP contribution >= 0.6 is 0 Å². The maximum absolute atomic E-state index is 11.1. The van der Waals surface area contributed by atoms with E-state index in [1.54, 1.807) is 13.8 Å². The molecule has 0 radical (unpaired) electrons. The average Bonchev–Trinajstić information content (AvgIpc) is 2.10. The first kappa shape index (κ1) is 12.3. The van der Waals surface area contributed by atoms with Crippen LogP contribution in [0.3, 0.4) is 0 Å². The van der Waals surface area contributed by atoms with Crippen LogP contribution in [0.5, 0.6) is 0 Å². The van der Waals surface area contributed by atoms with Crippen molar-refractivity contribution < 1.29 is 24.2 Å². The van der Waals surface area contributed by atoms with Gasteiger partial charge in [0.05, 0.1) is 12.0 Å². The second kappa shape index (κ2) is 4.38. The lowest BCUT2D eigenvalue weighted by Gasteiger charge is -2.29. The zero-order chi connectivity index (χ0) is 12.3. The van der Waals surface area contributed by atoms with Crippen LogP contribution in [-0.4, -0.2) is 22.8 Å². The Bertz CT molecular complexity index is 365. The maximum atomic E-state index is 11.1. The molecule has 0 fully saturated rings. The molecule has 0 bridgehead atoms. The van der Waals surface area contributed by atoms with Crippen molar-refractivity contribution in [2.24, 2.45) is 5.92 Å². The molecule has 1 atom stereocenters. The molecule has 88 valence electrons. The third kappa shape index (κ3) is 3.42. The van der Waals surface area contributed by atoms with Gasteiger partial charge in [-0.15, -0.1) is 0 Å². The number of allylic oxidation sites excluding steroid dienone is 1. The summed E-state index contributed by atoms with van der Waals surface area (Å²) >= 11 is 0. The van der Waals surface area contributed by atoms with E-state index in [4.69, 9.17) is 14.6 Å². The Morgan fingerprint density at radius 3 is 2.62 bits per heavy atom. The summed E-state index contributed by atoms with van der Waals surface area (Å²) in [7, 11) is 0. The van der Waals surface area contributed by atoms with Crippen molar-refractivity contribution in [3.63, 3.8) is 0 Å². The van der Waals surface area contributed by atoms with E-state index in [2.05, 4.69) is 0 Å². The van der Waals surface area contributed by atoms with Crippen molar-refractivity contribution in [3.8, 4) is 0 Å². The van der Waals surface area contributed by atoms with Crippen molar-refractivity contribution in [1.29, 1.82) is 0 Å². The van der Waals surface area contributed by atoms with E-state index in [-0.39, 0.29) is 0 Å². The summed E-state index contributed by atoms with van der Waals surface area (Å²) in [6, 6.07) is 0. The molecule has 1 aliphatic rings. The number of aliphatic carboxylic acids is 1. The minimum absolute atomic E-state index is 0.300. The van der Waals surface area contributed by atoms with Gasteiger partial charge in [-0.05, 0) is 13.0 Å². The molecule has 1 aliphatic heterocycles. The van der Waals surface area contributed by atoms with Gasteiger partial charge in [-0.3, -0.25) is 4.79 Å². The van der Waals surface area contributed by atoms with Crippen LogP contribution < -0.4 is 0 Å². The summed E-state index contributed by atoms with van der Waals surface area (Å²) in [6.07, 6.45) is 4.08. The molecule has 16 heavy (non-hydrogen) atoms. The van der Waals surface area contributed by atoms with Gasteiger partial charge in [-0.1, -0.05) is 6.08 Å². The van der Waals surface area contributed by atoms with E-state index in [1.807, 2.05) is 0 Å². The second-order valence-electron chi connectivity index (χ2n) is 3.96. The van der Waals surface area contributed by atoms with Gasteiger partial charge in [0.15, 0.2) is 0 Å². The van der Waals surface area contributed by atoms with Crippen LogP contribution in [-0.2, 0) is 19.1 Å². The standard InChI is InChI=1S/C11H14O5/c1-7(10(13)14)4-5-8-6-9(12)16-11(2,3)15-8/h4-7H,1-3H3,(H,13,14)/b5-4+/t7-/m1/s1. The third-order valence-electron chi connectivity index (χ3n) is 1.91. The number of carboxylic acid groups (broad SMARTS) is 1. The monoisotopic (exact) mass is 226 g/mol. The van der Waals surface area contributed by atoms with Gasteiger partial charge in [0.25, 0.3) is 0 Å². The van der Waals surface area contributed by atoms with Gasteiger partial charge >= 0.3 is 11.9 Å². The number of cyclic esters (lactones) is 1. The van der Waals surface area contributed by atoms with Crippen molar-refractivity contribution in [2.45, 2.75) is 26.6 Å². The summed E-state index contributed by atoms with van der Waals surface area (Å²) < 4.78 is 10.2. The fourth-order valence-electron chi connectivity index (χ4n) is 1.13. The van der Waals surface area contributed by atoms with Crippen LogP contribution in [0.1, 0.15) is 20.8 Å². The Balaban J connectivity index is 2.75. The van der Waals surface area contributed by atoms with Gasteiger partial charge < -0.3 is 14.6 Å². The molecule has 1 rings (SSSR count). The lowest BCUT2D eigenvalue weighted by Crippen LogP contribution is -2.33. The van der Waals surface area contributed by atoms with Gasteiger partial charge in [-0.25, -0.2) is 4.79 Å². The molecule has 0 aromatic rings. The first-order valence-electron chi connectivity index (χ1n) is 4.85. The van der Waals surface area contributed by atoms with Crippen LogP contribution in [0.25, 0.3) is 0 Å². The van der Waals surface area contributed by atoms with Gasteiger partial charge in [0, 0.05) is 13.8 Å². The van der Waals surface area contributed by atoms with Crippen LogP contribution in [0, 0.1) is 5.92 Å². The Hall–Kier alpha value is -1.78. The Labute approximate surface area is 93.3 Å². The van der Waals surface area contributed by atoms with E-state index >= 15 is 0 Å². The molecule has 5 nitrogen and oxygen atoms in total. The van der Waals surface area contributed by atoms with Crippen LogP contribution in [0.15, 0.2) is 24.0 Å². The van der Waals surface area contributed by atoms with Crippen molar-refractivity contribution in [1.82, 2.24) is 0 Å². The highest BCUT2D eigenvalue weighted by Crippen LogP contribution is 2.22. The molecule has 1 heterocycles. The van der Waals surface area contributed by atoms with Gasteiger partial charge in [0.1, 0.15) is 5.76 Å². The number of carboxylic acids is 1. The number of carbonyl (C=O) groups is 2. The first-order valence-corrected chi connectivity index (χ1v) is 4.85. The SMILES string of the molecule is C[C@H](/C=C/C1=CC(=O)OC(C)(C)O1)C(=O)O. The summed E-state index contributed by atoms with van der Waals surface area (Å²) in [5, 5.41) is 8.66. The molecule has 0 aliphatic carbocycles. The summed E-state index contributed by atoms with van der Waals surface area (Å²) in [4.78, 5) is 21.7. The van der Waals surface area contributed by atoms with Crippen LogP contribution in [0.2, 0.25) is 0 Å². The van der Waals surface area contributed by atoms with Crippen molar-refractivity contribution in [2.75, 3.05) is 0 Å². The Morgan fingerprint density at radius 2 is 2.12 bits per heavy atom. The van der Waals surface area contributed by atoms with E-state index in [9.17, 15) is 9.59 Å². The number of ether oxygens (including phenoxy) is 2. The second-order valence-corrected chi connectivity index (χ2v) is 3.96. The largest absolute Gasteiger partial charge is 0.481 e. The molecule has 0 amide bonds. The van der Waals surface area contributed by atoms with Crippen molar-refractivity contribution >= 4 is 11.9 Å². The number of rotatable bonds is 3. The highest BCUT2D eigenvalue weighted by Gasteiger charge is 2.29. The fourth-order valence-corrected chi connectivity index (χ4v) is 1.13. The molecular formula is C11H14O5. The Morgan fingerprint density at radius 1 is 1.50 bits per heavy atom.